The number of fused-ring (bicyclic) bond motifs is 1. The molecule has 2 amide bonds. The molecule has 0 aliphatic heterocycles. The van der Waals surface area contributed by atoms with Crippen molar-refractivity contribution in [3.63, 3.8) is 0 Å². The van der Waals surface area contributed by atoms with Gasteiger partial charge in [0.25, 0.3) is 0 Å². The zero-order valence-electron chi connectivity index (χ0n) is 21.9. The van der Waals surface area contributed by atoms with Gasteiger partial charge in [-0.2, -0.15) is 4.31 Å². The summed E-state index contributed by atoms with van der Waals surface area (Å²) in [5, 5.41) is 5.42. The third-order valence-corrected chi connectivity index (χ3v) is 8.92. The van der Waals surface area contributed by atoms with E-state index >= 15 is 0 Å². The van der Waals surface area contributed by atoms with Crippen LogP contribution in [0, 0.1) is 0 Å². The number of halogens is 2. The molecule has 0 saturated heterocycles. The Morgan fingerprint density at radius 2 is 1.63 bits per heavy atom. The van der Waals surface area contributed by atoms with E-state index in [1.54, 1.807) is 37.3 Å². The summed E-state index contributed by atoms with van der Waals surface area (Å²) in [4.78, 5) is 28.3. The number of amides is 2. The molecule has 0 heterocycles. The van der Waals surface area contributed by atoms with E-state index in [4.69, 9.17) is 23.2 Å². The SMILES string of the molecule is CCC(C)NC(=O)C(CC)N(Cc1ccc(Cl)cc1Cl)C(=O)CN(C)S(=O)(=O)c1ccc2ccccc2c1. The Hall–Kier alpha value is -2.65. The van der Waals surface area contributed by atoms with Crippen molar-refractivity contribution < 1.29 is 18.0 Å². The molecule has 2 unspecified atom stereocenters. The molecular formula is C28H33Cl2N3O4S. The van der Waals surface area contributed by atoms with Gasteiger partial charge in [0.1, 0.15) is 6.04 Å². The second kappa shape index (κ2) is 12.9. The van der Waals surface area contributed by atoms with Crippen molar-refractivity contribution in [2.24, 2.45) is 0 Å². The van der Waals surface area contributed by atoms with Crippen LogP contribution in [-0.4, -0.2) is 55.1 Å². The van der Waals surface area contributed by atoms with Crippen molar-refractivity contribution >= 4 is 55.8 Å². The molecule has 3 aromatic rings. The number of sulfonamides is 1. The van der Waals surface area contributed by atoms with Gasteiger partial charge in [0.05, 0.1) is 11.4 Å². The van der Waals surface area contributed by atoms with Crippen LogP contribution in [0.15, 0.2) is 65.6 Å². The molecule has 0 fully saturated rings. The van der Waals surface area contributed by atoms with Crippen LogP contribution >= 0.6 is 23.2 Å². The fraction of sp³-hybridized carbons (Fsp3) is 0.357. The van der Waals surface area contributed by atoms with E-state index in [-0.39, 0.29) is 23.4 Å². The summed E-state index contributed by atoms with van der Waals surface area (Å²) in [6.07, 6.45) is 1.06. The molecule has 3 rings (SSSR count). The lowest BCUT2D eigenvalue weighted by Crippen LogP contribution is -2.53. The van der Waals surface area contributed by atoms with E-state index in [1.807, 2.05) is 38.1 Å². The standard InChI is InChI=1S/C28H33Cl2N3O4S/c1-5-19(3)31-28(35)26(6-2)33(17-22-11-13-23(29)16-25(22)30)27(34)18-32(4)38(36,37)24-14-12-20-9-7-8-10-21(20)15-24/h7-16,19,26H,5-6,17-18H2,1-4H3,(H,31,35). The zero-order valence-corrected chi connectivity index (χ0v) is 24.3. The average molecular weight is 579 g/mol. The molecule has 0 spiro atoms. The zero-order chi connectivity index (χ0) is 28.0. The fourth-order valence-corrected chi connectivity index (χ4v) is 5.69. The van der Waals surface area contributed by atoms with Crippen molar-refractivity contribution in [1.29, 1.82) is 0 Å². The van der Waals surface area contributed by atoms with Gasteiger partial charge in [0, 0.05) is 29.7 Å². The van der Waals surface area contributed by atoms with Gasteiger partial charge in [-0.25, -0.2) is 8.42 Å². The van der Waals surface area contributed by atoms with Gasteiger partial charge in [-0.05, 0) is 60.4 Å². The van der Waals surface area contributed by atoms with Crippen molar-refractivity contribution in [3.8, 4) is 0 Å². The number of rotatable bonds is 11. The number of carbonyl (C=O) groups excluding carboxylic acids is 2. The number of hydrogen-bond donors (Lipinski definition) is 1. The summed E-state index contributed by atoms with van der Waals surface area (Å²) < 4.78 is 27.8. The lowest BCUT2D eigenvalue weighted by Gasteiger charge is -2.32. The van der Waals surface area contributed by atoms with Crippen LogP contribution in [0.4, 0.5) is 0 Å². The maximum absolute atomic E-state index is 13.7. The smallest absolute Gasteiger partial charge is 0.243 e. The van der Waals surface area contributed by atoms with Crippen LogP contribution < -0.4 is 5.32 Å². The quantitative estimate of drug-likeness (QED) is 0.326. The molecule has 0 aliphatic carbocycles. The molecule has 204 valence electrons. The summed E-state index contributed by atoms with van der Waals surface area (Å²) in [7, 11) is -2.62. The molecule has 3 aromatic carbocycles. The van der Waals surface area contributed by atoms with Gasteiger partial charge in [-0.1, -0.05) is 73.4 Å². The van der Waals surface area contributed by atoms with Crippen molar-refractivity contribution in [2.45, 2.75) is 57.1 Å². The molecule has 0 radical (unpaired) electrons. The number of benzene rings is 3. The first-order chi connectivity index (χ1) is 18.0. The molecule has 0 saturated carbocycles. The number of hydrogen-bond acceptors (Lipinski definition) is 4. The predicted octanol–water partition coefficient (Wildman–Crippen LogP) is 5.49. The minimum atomic E-state index is -3.98. The van der Waals surface area contributed by atoms with Crippen LogP contribution in [-0.2, 0) is 26.2 Å². The van der Waals surface area contributed by atoms with Crippen LogP contribution in [0.1, 0.15) is 39.2 Å². The summed E-state index contributed by atoms with van der Waals surface area (Å²) in [5.74, 6) is -0.825. The summed E-state index contributed by atoms with van der Waals surface area (Å²) in [6.45, 7) is 5.21. The summed E-state index contributed by atoms with van der Waals surface area (Å²) in [6, 6.07) is 16.3. The van der Waals surface area contributed by atoms with Crippen LogP contribution in [0.5, 0.6) is 0 Å². The molecule has 0 aliphatic rings. The van der Waals surface area contributed by atoms with E-state index < -0.39 is 28.5 Å². The van der Waals surface area contributed by atoms with E-state index in [1.165, 1.54) is 18.0 Å². The monoisotopic (exact) mass is 577 g/mol. The van der Waals surface area contributed by atoms with E-state index in [9.17, 15) is 18.0 Å². The molecule has 0 aromatic heterocycles. The lowest BCUT2D eigenvalue weighted by atomic mass is 10.1. The van der Waals surface area contributed by atoms with Gasteiger partial charge >= 0.3 is 0 Å². The summed E-state index contributed by atoms with van der Waals surface area (Å²) >= 11 is 12.4. The first kappa shape index (κ1) is 29.9. The van der Waals surface area contributed by atoms with Gasteiger partial charge in [0.15, 0.2) is 0 Å². The molecule has 1 N–H and O–H groups in total. The van der Waals surface area contributed by atoms with Crippen molar-refractivity contribution in [1.82, 2.24) is 14.5 Å². The highest BCUT2D eigenvalue weighted by atomic mass is 35.5. The van der Waals surface area contributed by atoms with Gasteiger partial charge < -0.3 is 10.2 Å². The maximum atomic E-state index is 13.7. The number of likely N-dealkylation sites (N-methyl/N-ethyl adjacent to an activating group) is 1. The minimum absolute atomic E-state index is 0.0190. The number of nitrogens with one attached hydrogen (secondary N) is 1. The molecule has 10 heteroatoms. The normalized spacial score (nSPS) is 13.3. The van der Waals surface area contributed by atoms with Gasteiger partial charge in [-0.15, -0.1) is 0 Å². The Morgan fingerprint density at radius 3 is 2.26 bits per heavy atom. The second-order valence-corrected chi connectivity index (χ2v) is 12.2. The Kier molecular flexibility index (Phi) is 10.2. The van der Waals surface area contributed by atoms with Gasteiger partial charge in [0.2, 0.25) is 21.8 Å². The maximum Gasteiger partial charge on any atom is 0.243 e. The number of carbonyl (C=O) groups is 2. The molecule has 38 heavy (non-hydrogen) atoms. The highest BCUT2D eigenvalue weighted by Crippen LogP contribution is 2.25. The Balaban J connectivity index is 1.91. The van der Waals surface area contributed by atoms with Crippen molar-refractivity contribution in [3.05, 3.63) is 76.3 Å². The van der Waals surface area contributed by atoms with E-state index in [0.29, 0.717) is 22.0 Å². The Labute approximate surface area is 234 Å². The minimum Gasteiger partial charge on any atom is -0.352 e. The van der Waals surface area contributed by atoms with Crippen LogP contribution in [0.3, 0.4) is 0 Å². The highest BCUT2D eigenvalue weighted by Gasteiger charge is 2.32. The van der Waals surface area contributed by atoms with Crippen LogP contribution in [0.2, 0.25) is 10.0 Å². The topological polar surface area (TPSA) is 86.8 Å². The fourth-order valence-electron chi connectivity index (χ4n) is 4.07. The van der Waals surface area contributed by atoms with Crippen LogP contribution in [0.25, 0.3) is 10.8 Å². The Bertz CT molecular complexity index is 1410. The molecule has 7 nitrogen and oxygen atoms in total. The molecule has 2 atom stereocenters. The average Bonchev–Trinajstić information content (AvgIpc) is 2.89. The first-order valence-corrected chi connectivity index (χ1v) is 14.7. The molecular weight excluding hydrogens is 545 g/mol. The molecule has 0 bridgehead atoms. The van der Waals surface area contributed by atoms with E-state index in [0.717, 1.165) is 21.5 Å². The number of nitrogens with zero attached hydrogens (tertiary/aromatic N) is 2. The highest BCUT2D eigenvalue weighted by molar-refractivity contribution is 7.89. The third kappa shape index (κ3) is 7.05. The Morgan fingerprint density at radius 1 is 0.947 bits per heavy atom. The first-order valence-electron chi connectivity index (χ1n) is 12.5. The largest absolute Gasteiger partial charge is 0.352 e. The van der Waals surface area contributed by atoms with Gasteiger partial charge in [-0.3, -0.25) is 9.59 Å². The third-order valence-electron chi connectivity index (χ3n) is 6.53. The van der Waals surface area contributed by atoms with E-state index in [2.05, 4.69) is 5.32 Å². The lowest BCUT2D eigenvalue weighted by molar-refractivity contribution is -0.141. The summed E-state index contributed by atoms with van der Waals surface area (Å²) in [5.41, 5.74) is 0.597. The predicted molar refractivity (Wildman–Crippen MR) is 153 cm³/mol. The second-order valence-electron chi connectivity index (χ2n) is 9.27. The van der Waals surface area contributed by atoms with Crippen molar-refractivity contribution in [2.75, 3.05) is 13.6 Å².